The summed E-state index contributed by atoms with van der Waals surface area (Å²) in [6.07, 6.45) is 1.95. The van der Waals surface area contributed by atoms with Crippen LogP contribution in [-0.4, -0.2) is 11.7 Å². The Hall–Kier alpha value is -2.13. The molecule has 88 valence electrons. The van der Waals surface area contributed by atoms with Crippen molar-refractivity contribution in [1.82, 2.24) is 10.3 Å². The van der Waals surface area contributed by atoms with Gasteiger partial charge >= 0.3 is 0 Å². The predicted octanol–water partition coefficient (Wildman–Crippen LogP) is 2.86. The van der Waals surface area contributed by atoms with Crippen LogP contribution in [0.25, 0.3) is 21.7 Å². The minimum atomic E-state index is 0.815. The van der Waals surface area contributed by atoms with Crippen LogP contribution < -0.4 is 10.6 Å². The monoisotopic (exact) mass is 235 g/mol. The summed E-state index contributed by atoms with van der Waals surface area (Å²) in [7, 11) is 0. The fourth-order valence-corrected chi connectivity index (χ4v) is 2.69. The molecule has 0 unspecified atom stereocenters. The van der Waals surface area contributed by atoms with E-state index >= 15 is 0 Å². The molecule has 1 aromatic heterocycles. The Morgan fingerprint density at radius 2 is 2.00 bits per heavy atom. The maximum absolute atomic E-state index is 4.56. The van der Waals surface area contributed by atoms with E-state index in [0.717, 1.165) is 18.7 Å². The van der Waals surface area contributed by atoms with Crippen molar-refractivity contribution in [2.24, 2.45) is 0 Å². The molecule has 2 heterocycles. The summed E-state index contributed by atoms with van der Waals surface area (Å²) in [5.74, 6) is 0. The highest BCUT2D eigenvalue weighted by Gasteiger charge is 2.13. The van der Waals surface area contributed by atoms with Gasteiger partial charge in [-0.15, -0.1) is 0 Å². The smallest absolute Gasteiger partial charge is 0.0729 e. The molecule has 0 atom stereocenters. The number of aromatic nitrogens is 1. The molecule has 0 aliphatic carbocycles. The van der Waals surface area contributed by atoms with Gasteiger partial charge in [0.05, 0.1) is 12.2 Å². The van der Waals surface area contributed by atoms with Crippen LogP contribution in [0.2, 0.25) is 0 Å². The lowest BCUT2D eigenvalue weighted by atomic mass is 10.0. The number of anilines is 1. The van der Waals surface area contributed by atoms with E-state index in [2.05, 4.69) is 52.0 Å². The van der Waals surface area contributed by atoms with E-state index in [1.807, 2.05) is 6.20 Å². The zero-order valence-electron chi connectivity index (χ0n) is 9.90. The molecule has 2 aromatic carbocycles. The van der Waals surface area contributed by atoms with Crippen molar-refractivity contribution in [2.45, 2.75) is 6.54 Å². The summed E-state index contributed by atoms with van der Waals surface area (Å²) < 4.78 is 0. The predicted molar refractivity (Wildman–Crippen MR) is 74.6 cm³/mol. The lowest BCUT2D eigenvalue weighted by molar-refractivity contribution is 0.711. The number of fused-ring (bicyclic) bond motifs is 5. The van der Waals surface area contributed by atoms with E-state index < -0.39 is 0 Å². The molecule has 3 aromatic rings. The normalized spacial score (nSPS) is 14.4. The first kappa shape index (κ1) is 9.85. The molecule has 2 N–H and O–H groups in total. The first-order chi connectivity index (χ1) is 8.93. The first-order valence-electron chi connectivity index (χ1n) is 6.17. The Kier molecular flexibility index (Phi) is 2.02. The van der Waals surface area contributed by atoms with Crippen LogP contribution in [0.5, 0.6) is 0 Å². The topological polar surface area (TPSA) is 37.0 Å². The zero-order chi connectivity index (χ0) is 11.9. The standard InChI is InChI=1S/C15H13N3/c1-2-4-12-10(3-1)8-17-13-6-5-11-7-16-9-18-15(11)14(12)13/h1-6,8,16,18H,7,9H2. The van der Waals surface area contributed by atoms with Gasteiger partial charge in [-0.3, -0.25) is 10.3 Å². The van der Waals surface area contributed by atoms with Crippen molar-refractivity contribution < 1.29 is 0 Å². The SMILES string of the molecule is c1ccc2c(c1)cnc1ccc3c(c12)NCNC3. The maximum Gasteiger partial charge on any atom is 0.0729 e. The number of nitrogens with zero attached hydrogens (tertiary/aromatic N) is 1. The Bertz CT molecular complexity index is 749. The van der Waals surface area contributed by atoms with Crippen LogP contribution in [0.4, 0.5) is 5.69 Å². The zero-order valence-corrected chi connectivity index (χ0v) is 9.90. The average Bonchev–Trinajstić information content (AvgIpc) is 2.46. The molecule has 0 saturated heterocycles. The number of pyridine rings is 1. The molecule has 4 rings (SSSR count). The number of hydrogen-bond donors (Lipinski definition) is 2. The average molecular weight is 235 g/mol. The van der Waals surface area contributed by atoms with Crippen LogP contribution in [0.15, 0.2) is 42.6 Å². The quantitative estimate of drug-likeness (QED) is 0.588. The molecule has 18 heavy (non-hydrogen) atoms. The van der Waals surface area contributed by atoms with Crippen molar-refractivity contribution >= 4 is 27.4 Å². The van der Waals surface area contributed by atoms with Crippen molar-refractivity contribution in [3.05, 3.63) is 48.2 Å². The molecule has 3 heteroatoms. The lowest BCUT2D eigenvalue weighted by Crippen LogP contribution is -2.27. The number of rotatable bonds is 0. The number of hydrogen-bond acceptors (Lipinski definition) is 3. The van der Waals surface area contributed by atoms with E-state index in [0.29, 0.717) is 0 Å². The maximum atomic E-state index is 4.56. The van der Waals surface area contributed by atoms with Crippen LogP contribution in [0.1, 0.15) is 5.56 Å². The highest BCUT2D eigenvalue weighted by Crippen LogP contribution is 2.33. The lowest BCUT2D eigenvalue weighted by Gasteiger charge is -2.21. The second kappa shape index (κ2) is 3.68. The van der Waals surface area contributed by atoms with Crippen molar-refractivity contribution in [3.8, 4) is 0 Å². The van der Waals surface area contributed by atoms with E-state index in [-0.39, 0.29) is 0 Å². The Labute approximate surface area is 105 Å². The summed E-state index contributed by atoms with van der Waals surface area (Å²) in [5, 5.41) is 10.5. The summed E-state index contributed by atoms with van der Waals surface area (Å²) in [6.45, 7) is 1.73. The largest absolute Gasteiger partial charge is 0.372 e. The van der Waals surface area contributed by atoms with Gasteiger partial charge in [0.25, 0.3) is 0 Å². The molecular formula is C15H13N3. The molecule has 0 radical (unpaired) electrons. The second-order valence-electron chi connectivity index (χ2n) is 4.62. The third-order valence-electron chi connectivity index (χ3n) is 3.55. The van der Waals surface area contributed by atoms with Crippen molar-refractivity contribution in [1.29, 1.82) is 0 Å². The van der Waals surface area contributed by atoms with Crippen LogP contribution >= 0.6 is 0 Å². The van der Waals surface area contributed by atoms with Gasteiger partial charge in [0, 0.05) is 29.2 Å². The molecule has 0 saturated carbocycles. The van der Waals surface area contributed by atoms with Gasteiger partial charge in [-0.25, -0.2) is 0 Å². The van der Waals surface area contributed by atoms with Crippen molar-refractivity contribution in [3.63, 3.8) is 0 Å². The van der Waals surface area contributed by atoms with Gasteiger partial charge in [-0.1, -0.05) is 30.3 Å². The molecule has 0 fully saturated rings. The molecule has 0 amide bonds. The van der Waals surface area contributed by atoms with E-state index in [1.165, 1.54) is 27.4 Å². The van der Waals surface area contributed by atoms with Crippen molar-refractivity contribution in [2.75, 3.05) is 12.0 Å². The summed E-state index contributed by atoms with van der Waals surface area (Å²) in [4.78, 5) is 4.56. The van der Waals surface area contributed by atoms with Crippen LogP contribution in [0, 0.1) is 0 Å². The van der Waals surface area contributed by atoms with Gasteiger partial charge in [0.2, 0.25) is 0 Å². The molecule has 1 aliphatic rings. The van der Waals surface area contributed by atoms with E-state index in [9.17, 15) is 0 Å². The Morgan fingerprint density at radius 1 is 1.06 bits per heavy atom. The molecular weight excluding hydrogens is 222 g/mol. The van der Waals surface area contributed by atoms with Crippen LogP contribution in [-0.2, 0) is 6.54 Å². The van der Waals surface area contributed by atoms with Crippen LogP contribution in [0.3, 0.4) is 0 Å². The van der Waals surface area contributed by atoms with E-state index in [1.54, 1.807) is 0 Å². The number of nitrogens with one attached hydrogen (secondary N) is 2. The van der Waals surface area contributed by atoms with Gasteiger partial charge in [-0.05, 0) is 17.0 Å². The Morgan fingerprint density at radius 3 is 3.00 bits per heavy atom. The fourth-order valence-electron chi connectivity index (χ4n) is 2.69. The highest BCUT2D eigenvalue weighted by molar-refractivity contribution is 6.12. The minimum Gasteiger partial charge on any atom is -0.372 e. The molecule has 0 spiro atoms. The second-order valence-corrected chi connectivity index (χ2v) is 4.62. The van der Waals surface area contributed by atoms with E-state index in [4.69, 9.17) is 0 Å². The fraction of sp³-hybridized carbons (Fsp3) is 0.133. The first-order valence-corrected chi connectivity index (χ1v) is 6.17. The molecule has 1 aliphatic heterocycles. The van der Waals surface area contributed by atoms with Gasteiger partial charge in [-0.2, -0.15) is 0 Å². The van der Waals surface area contributed by atoms with Gasteiger partial charge in [0.1, 0.15) is 0 Å². The molecule has 3 nitrogen and oxygen atoms in total. The summed E-state index contributed by atoms with van der Waals surface area (Å²) in [6, 6.07) is 12.7. The highest BCUT2D eigenvalue weighted by atomic mass is 15.1. The third-order valence-corrected chi connectivity index (χ3v) is 3.55. The van der Waals surface area contributed by atoms with Gasteiger partial charge < -0.3 is 5.32 Å². The number of benzene rings is 2. The Balaban J connectivity index is 2.21. The summed E-state index contributed by atoms with van der Waals surface area (Å²) >= 11 is 0. The van der Waals surface area contributed by atoms with Gasteiger partial charge in [0.15, 0.2) is 0 Å². The third kappa shape index (κ3) is 1.31. The molecule has 0 bridgehead atoms. The minimum absolute atomic E-state index is 0.815. The summed E-state index contributed by atoms with van der Waals surface area (Å²) in [5.41, 5.74) is 3.60.